The first-order valence-electron chi connectivity index (χ1n) is 12.0. The maximum atomic E-state index is 14.1. The number of aromatic nitrogens is 1. The molecule has 37 heavy (non-hydrogen) atoms. The lowest BCUT2D eigenvalue weighted by atomic mass is 9.88. The number of nitrogens with zero attached hydrogens (tertiary/aromatic N) is 2. The first-order valence-corrected chi connectivity index (χ1v) is 12.0. The highest BCUT2D eigenvalue weighted by molar-refractivity contribution is 6.03. The highest BCUT2D eigenvalue weighted by Crippen LogP contribution is 2.40. The molecule has 0 unspecified atom stereocenters. The van der Waals surface area contributed by atoms with Crippen LogP contribution in [0.3, 0.4) is 0 Å². The molecule has 200 valence electrons. The molecular weight excluding hydrogens is 492 g/mol. The molecule has 1 aromatic heterocycles. The third-order valence-electron chi connectivity index (χ3n) is 6.35. The number of pyridine rings is 1. The summed E-state index contributed by atoms with van der Waals surface area (Å²) in [6, 6.07) is 2.31. The lowest BCUT2D eigenvalue weighted by Gasteiger charge is -2.35. The minimum Gasteiger partial charge on any atom is -0.444 e. The Bertz CT molecular complexity index is 1190. The summed E-state index contributed by atoms with van der Waals surface area (Å²) in [5.41, 5.74) is -0.538. The van der Waals surface area contributed by atoms with E-state index in [4.69, 9.17) is 4.74 Å². The maximum absolute atomic E-state index is 14.1. The lowest BCUT2D eigenvalue weighted by molar-refractivity contribution is -0.0901. The fourth-order valence-corrected chi connectivity index (χ4v) is 4.71. The van der Waals surface area contributed by atoms with Gasteiger partial charge in [-0.25, -0.2) is 22.4 Å². The number of rotatable bonds is 5. The smallest absolute Gasteiger partial charge is 0.408 e. The molecule has 1 saturated heterocycles. The summed E-state index contributed by atoms with van der Waals surface area (Å²) in [5, 5.41) is 5.48. The molecule has 0 bridgehead atoms. The third kappa shape index (κ3) is 6.31. The normalized spacial score (nSPS) is 21.4. The molecule has 1 atom stereocenters. The van der Waals surface area contributed by atoms with E-state index in [9.17, 15) is 27.2 Å². The summed E-state index contributed by atoms with van der Waals surface area (Å²) in [7, 11) is 0. The molecule has 7 nitrogen and oxygen atoms in total. The Labute approximate surface area is 212 Å². The van der Waals surface area contributed by atoms with Crippen molar-refractivity contribution in [1.29, 1.82) is 0 Å². The van der Waals surface area contributed by atoms with E-state index in [2.05, 4.69) is 15.6 Å². The van der Waals surface area contributed by atoms with E-state index in [-0.39, 0.29) is 17.7 Å². The van der Waals surface area contributed by atoms with E-state index in [1.807, 2.05) is 11.8 Å². The quantitative estimate of drug-likeness (QED) is 0.537. The van der Waals surface area contributed by atoms with Crippen molar-refractivity contribution in [3.05, 3.63) is 47.8 Å². The zero-order valence-corrected chi connectivity index (χ0v) is 21.1. The Morgan fingerprint density at radius 2 is 1.76 bits per heavy atom. The van der Waals surface area contributed by atoms with Gasteiger partial charge in [0.15, 0.2) is 0 Å². The van der Waals surface area contributed by atoms with E-state index in [0.29, 0.717) is 24.2 Å². The Morgan fingerprint density at radius 3 is 2.35 bits per heavy atom. The van der Waals surface area contributed by atoms with Crippen LogP contribution < -0.4 is 15.5 Å². The van der Waals surface area contributed by atoms with Gasteiger partial charge in [-0.15, -0.1) is 0 Å². The largest absolute Gasteiger partial charge is 0.444 e. The first kappa shape index (κ1) is 26.7. The second-order valence-electron chi connectivity index (χ2n) is 11.0. The molecule has 1 aliphatic heterocycles. The SMILES string of the molecule is CC(C)(C)OC(=O)N[C@@]1(C)CCN(c2c(C(=O)NC3CC(F)(F)C3)cncc2-c2cc(F)cc(F)c2)C1. The average Bonchev–Trinajstić information content (AvgIpc) is 3.10. The molecule has 2 N–H and O–H groups in total. The van der Waals surface area contributed by atoms with Crippen LogP contribution in [0.25, 0.3) is 11.1 Å². The van der Waals surface area contributed by atoms with Crippen molar-refractivity contribution in [3.63, 3.8) is 0 Å². The van der Waals surface area contributed by atoms with Crippen molar-refractivity contribution >= 4 is 17.7 Å². The number of alkyl carbamates (subject to hydrolysis) is 1. The highest BCUT2D eigenvalue weighted by Gasteiger charge is 2.46. The van der Waals surface area contributed by atoms with E-state index < -0.39 is 59.6 Å². The zero-order chi connectivity index (χ0) is 27.2. The molecule has 2 aliphatic rings. The summed E-state index contributed by atoms with van der Waals surface area (Å²) >= 11 is 0. The predicted octanol–water partition coefficient (Wildman–Crippen LogP) is 5.05. The van der Waals surface area contributed by atoms with Gasteiger partial charge in [0.25, 0.3) is 11.8 Å². The van der Waals surface area contributed by atoms with Crippen molar-refractivity contribution in [2.75, 3.05) is 18.0 Å². The van der Waals surface area contributed by atoms with E-state index in [1.54, 1.807) is 20.8 Å². The molecular formula is C26H30F4N4O3. The van der Waals surface area contributed by atoms with Crippen molar-refractivity contribution in [1.82, 2.24) is 15.6 Å². The van der Waals surface area contributed by atoms with Gasteiger partial charge < -0.3 is 20.3 Å². The van der Waals surface area contributed by atoms with Gasteiger partial charge in [0, 0.05) is 56.0 Å². The van der Waals surface area contributed by atoms with Crippen LogP contribution in [0, 0.1) is 11.6 Å². The van der Waals surface area contributed by atoms with Gasteiger partial charge in [0.05, 0.1) is 16.8 Å². The van der Waals surface area contributed by atoms with Gasteiger partial charge in [-0.05, 0) is 51.8 Å². The van der Waals surface area contributed by atoms with Crippen molar-refractivity contribution in [3.8, 4) is 11.1 Å². The molecule has 2 aromatic rings. The minimum atomic E-state index is -2.82. The molecule has 2 fully saturated rings. The summed E-state index contributed by atoms with van der Waals surface area (Å²) in [6.07, 6.45) is 1.67. The average molecular weight is 523 g/mol. The van der Waals surface area contributed by atoms with E-state index in [0.717, 1.165) is 18.2 Å². The van der Waals surface area contributed by atoms with Crippen LogP contribution >= 0.6 is 0 Å². The Balaban J connectivity index is 1.67. The molecule has 0 radical (unpaired) electrons. The number of hydrogen-bond donors (Lipinski definition) is 2. The number of anilines is 1. The van der Waals surface area contributed by atoms with Crippen LogP contribution in [0.2, 0.25) is 0 Å². The van der Waals surface area contributed by atoms with Crippen LogP contribution in [-0.4, -0.2) is 53.2 Å². The van der Waals surface area contributed by atoms with Crippen LogP contribution in [0.5, 0.6) is 0 Å². The van der Waals surface area contributed by atoms with E-state index in [1.165, 1.54) is 12.4 Å². The van der Waals surface area contributed by atoms with Crippen LogP contribution in [0.15, 0.2) is 30.6 Å². The van der Waals surface area contributed by atoms with Crippen LogP contribution in [-0.2, 0) is 4.74 Å². The molecule has 2 amide bonds. The molecule has 1 aliphatic carbocycles. The zero-order valence-electron chi connectivity index (χ0n) is 21.1. The summed E-state index contributed by atoms with van der Waals surface area (Å²) < 4.78 is 60.2. The summed E-state index contributed by atoms with van der Waals surface area (Å²) in [5.74, 6) is -5.03. The molecule has 1 saturated carbocycles. The molecule has 1 aromatic carbocycles. The van der Waals surface area contributed by atoms with Gasteiger partial charge in [-0.1, -0.05) is 0 Å². The molecule has 11 heteroatoms. The third-order valence-corrected chi connectivity index (χ3v) is 6.35. The first-order chi connectivity index (χ1) is 17.1. The molecule has 2 heterocycles. The fraction of sp³-hybridized carbons (Fsp3) is 0.500. The number of carbonyl (C=O) groups is 2. The lowest BCUT2D eigenvalue weighted by Crippen LogP contribution is -2.51. The minimum absolute atomic E-state index is 0.0823. The Kier molecular flexibility index (Phi) is 6.85. The number of benzene rings is 1. The standard InChI is InChI=1S/C26H30F4N4O3/c1-24(2,3)37-23(36)33-25(4)5-6-34(14-25)21-19(15-7-16(27)9-17(28)8-15)12-31-13-20(21)22(35)32-18-10-26(29,30)11-18/h7-9,12-13,18H,5-6,10-11,14H2,1-4H3,(H,32,35)(H,33,36)/t25-/m0/s1. The number of carbonyl (C=O) groups excluding carboxylic acids is 2. The summed E-state index contributed by atoms with van der Waals surface area (Å²) in [4.78, 5) is 31.6. The Hall–Kier alpha value is -3.37. The number of alkyl halides is 2. The maximum Gasteiger partial charge on any atom is 0.408 e. The number of amides is 2. The molecule has 0 spiro atoms. The van der Waals surface area contributed by atoms with Crippen molar-refractivity contribution < 1.29 is 31.9 Å². The van der Waals surface area contributed by atoms with Crippen LogP contribution in [0.4, 0.5) is 28.0 Å². The van der Waals surface area contributed by atoms with Gasteiger partial charge in [0.1, 0.15) is 17.2 Å². The van der Waals surface area contributed by atoms with Gasteiger partial charge in [-0.3, -0.25) is 9.78 Å². The predicted molar refractivity (Wildman–Crippen MR) is 130 cm³/mol. The van der Waals surface area contributed by atoms with Crippen LogP contribution in [0.1, 0.15) is 57.3 Å². The molecule has 4 rings (SSSR count). The number of hydrogen-bond acceptors (Lipinski definition) is 5. The number of ether oxygens (including phenoxy) is 1. The Morgan fingerprint density at radius 1 is 1.11 bits per heavy atom. The number of halogens is 4. The van der Waals surface area contributed by atoms with Gasteiger partial charge in [0.2, 0.25) is 0 Å². The van der Waals surface area contributed by atoms with Crippen molar-refractivity contribution in [2.45, 2.75) is 70.1 Å². The highest BCUT2D eigenvalue weighted by atomic mass is 19.3. The van der Waals surface area contributed by atoms with E-state index >= 15 is 0 Å². The number of nitrogens with one attached hydrogen (secondary N) is 2. The second-order valence-corrected chi connectivity index (χ2v) is 11.0. The summed E-state index contributed by atoms with van der Waals surface area (Å²) in [6.45, 7) is 7.72. The van der Waals surface area contributed by atoms with Crippen molar-refractivity contribution in [2.24, 2.45) is 0 Å². The fourth-order valence-electron chi connectivity index (χ4n) is 4.71. The second kappa shape index (κ2) is 9.50. The van der Waals surface area contributed by atoms with Gasteiger partial charge in [-0.2, -0.15) is 0 Å². The van der Waals surface area contributed by atoms with Gasteiger partial charge >= 0.3 is 6.09 Å². The monoisotopic (exact) mass is 522 g/mol. The topological polar surface area (TPSA) is 83.6 Å².